The second-order valence-electron chi connectivity index (χ2n) is 6.72. The number of fused-ring (bicyclic) bond motifs is 1. The van der Waals surface area contributed by atoms with Crippen molar-refractivity contribution in [1.29, 1.82) is 0 Å². The molecule has 0 heterocycles. The van der Waals surface area contributed by atoms with Crippen LogP contribution in [0.25, 0.3) is 10.8 Å². The quantitative estimate of drug-likeness (QED) is 0.524. The highest BCUT2D eigenvalue weighted by atomic mass is 16.5. The van der Waals surface area contributed by atoms with Crippen molar-refractivity contribution in [2.45, 2.75) is 58.3 Å². The Hall–Kier alpha value is -1.83. The number of rotatable bonds is 4. The normalized spacial score (nSPS) is 21.3. The fraction of sp³-hybridized carbons (Fsp3) is 0.476. The van der Waals surface area contributed by atoms with Gasteiger partial charge in [-0.2, -0.15) is 0 Å². The lowest BCUT2D eigenvalue weighted by Gasteiger charge is -2.28. The van der Waals surface area contributed by atoms with Crippen molar-refractivity contribution in [2.75, 3.05) is 0 Å². The summed E-state index contributed by atoms with van der Waals surface area (Å²) in [4.78, 5) is 11.4. The average molecular weight is 310 g/mol. The summed E-state index contributed by atoms with van der Waals surface area (Å²) in [5.74, 6) is 2.09. The Kier molecular flexibility index (Phi) is 5.00. The van der Waals surface area contributed by atoms with Crippen LogP contribution in [0, 0.1) is 5.92 Å². The third kappa shape index (κ3) is 3.74. The first-order valence-electron chi connectivity index (χ1n) is 8.94. The van der Waals surface area contributed by atoms with Crippen LogP contribution in [0.3, 0.4) is 0 Å². The van der Waals surface area contributed by atoms with Crippen molar-refractivity contribution in [3.8, 4) is 5.75 Å². The monoisotopic (exact) mass is 310 g/mol. The summed E-state index contributed by atoms with van der Waals surface area (Å²) in [6, 6.07) is 12.7. The summed E-state index contributed by atoms with van der Waals surface area (Å²) in [5.41, 5.74) is 1.46. The molecule has 1 fully saturated rings. The summed E-state index contributed by atoms with van der Waals surface area (Å²) < 4.78 is 5.30. The molecular weight excluding hydrogens is 284 g/mol. The van der Waals surface area contributed by atoms with Gasteiger partial charge in [0.1, 0.15) is 5.75 Å². The zero-order valence-corrected chi connectivity index (χ0v) is 14.2. The first-order valence-corrected chi connectivity index (χ1v) is 8.94. The third-order valence-corrected chi connectivity index (χ3v) is 5.25. The molecule has 23 heavy (non-hydrogen) atoms. The molecule has 0 spiro atoms. The third-order valence-electron chi connectivity index (χ3n) is 5.25. The summed E-state index contributed by atoms with van der Waals surface area (Å²) >= 11 is 0. The molecule has 2 aromatic rings. The van der Waals surface area contributed by atoms with Crippen LogP contribution in [0.15, 0.2) is 36.4 Å². The number of carbonyl (C=O) groups excluding carboxylic acids is 1. The van der Waals surface area contributed by atoms with E-state index in [0.29, 0.717) is 18.1 Å². The first kappa shape index (κ1) is 16.0. The maximum absolute atomic E-state index is 11.4. The van der Waals surface area contributed by atoms with Crippen molar-refractivity contribution >= 4 is 16.7 Å². The average Bonchev–Trinajstić information content (AvgIpc) is 2.61. The minimum Gasteiger partial charge on any atom is -0.427 e. The molecule has 0 aliphatic heterocycles. The molecule has 0 N–H and O–H groups in total. The molecule has 2 aromatic carbocycles. The predicted octanol–water partition coefficient (Wildman–Crippen LogP) is 5.84. The Labute approximate surface area is 138 Å². The maximum atomic E-state index is 11.4. The highest BCUT2D eigenvalue weighted by molar-refractivity contribution is 5.85. The van der Waals surface area contributed by atoms with Gasteiger partial charge in [-0.15, -0.1) is 0 Å². The molecule has 2 heteroatoms. The Morgan fingerprint density at radius 2 is 1.70 bits per heavy atom. The molecule has 0 aromatic heterocycles. The molecule has 3 rings (SSSR count). The van der Waals surface area contributed by atoms with Crippen LogP contribution in [-0.4, -0.2) is 5.97 Å². The van der Waals surface area contributed by atoms with E-state index >= 15 is 0 Å². The van der Waals surface area contributed by atoms with Gasteiger partial charge in [-0.3, -0.25) is 4.79 Å². The van der Waals surface area contributed by atoms with Gasteiger partial charge >= 0.3 is 5.97 Å². The van der Waals surface area contributed by atoms with E-state index in [1.807, 2.05) is 19.1 Å². The Balaban J connectivity index is 1.77. The van der Waals surface area contributed by atoms with Crippen molar-refractivity contribution in [2.24, 2.45) is 5.92 Å². The van der Waals surface area contributed by atoms with Gasteiger partial charge in [0.05, 0.1) is 0 Å². The van der Waals surface area contributed by atoms with E-state index in [1.165, 1.54) is 43.1 Å². The van der Waals surface area contributed by atoms with E-state index in [9.17, 15) is 4.79 Å². The van der Waals surface area contributed by atoms with Gasteiger partial charge in [-0.1, -0.05) is 44.5 Å². The number of hydrogen-bond donors (Lipinski definition) is 0. The molecule has 1 saturated carbocycles. The number of esters is 1. The molecule has 0 amide bonds. The van der Waals surface area contributed by atoms with Gasteiger partial charge in [0.2, 0.25) is 0 Å². The van der Waals surface area contributed by atoms with Crippen LogP contribution in [0.4, 0.5) is 0 Å². The van der Waals surface area contributed by atoms with Crippen molar-refractivity contribution in [1.82, 2.24) is 0 Å². The van der Waals surface area contributed by atoms with Gasteiger partial charge in [0, 0.05) is 6.42 Å². The molecule has 0 bridgehead atoms. The zero-order chi connectivity index (χ0) is 16.2. The van der Waals surface area contributed by atoms with Crippen LogP contribution >= 0.6 is 0 Å². The minimum absolute atomic E-state index is 0.186. The SMILES string of the molecule is CCC(=O)Oc1ccc2cc(C3CCC(CC)CC3)ccc2c1. The fourth-order valence-corrected chi connectivity index (χ4v) is 3.67. The highest BCUT2D eigenvalue weighted by Crippen LogP contribution is 2.38. The van der Waals surface area contributed by atoms with E-state index in [4.69, 9.17) is 4.74 Å². The van der Waals surface area contributed by atoms with E-state index in [0.717, 1.165) is 11.3 Å². The second kappa shape index (κ2) is 7.16. The van der Waals surface area contributed by atoms with Gasteiger partial charge < -0.3 is 4.74 Å². The molecule has 1 aliphatic rings. The smallest absolute Gasteiger partial charge is 0.310 e. The Bertz CT molecular complexity index is 681. The highest BCUT2D eigenvalue weighted by Gasteiger charge is 2.21. The molecule has 122 valence electrons. The number of ether oxygens (including phenoxy) is 1. The maximum Gasteiger partial charge on any atom is 0.310 e. The summed E-state index contributed by atoms with van der Waals surface area (Å²) in [5, 5.41) is 2.37. The van der Waals surface area contributed by atoms with Gasteiger partial charge in [-0.05, 0) is 66.0 Å². The molecule has 2 nitrogen and oxygen atoms in total. The predicted molar refractivity (Wildman–Crippen MR) is 94.9 cm³/mol. The van der Waals surface area contributed by atoms with Crippen LogP contribution < -0.4 is 4.74 Å². The molecule has 0 radical (unpaired) electrons. The minimum atomic E-state index is -0.186. The molecule has 0 atom stereocenters. The van der Waals surface area contributed by atoms with Crippen molar-refractivity contribution < 1.29 is 9.53 Å². The summed E-state index contributed by atoms with van der Waals surface area (Å²) in [7, 11) is 0. The largest absolute Gasteiger partial charge is 0.427 e. The zero-order valence-electron chi connectivity index (χ0n) is 14.2. The van der Waals surface area contributed by atoms with Gasteiger partial charge in [0.15, 0.2) is 0 Å². The van der Waals surface area contributed by atoms with Gasteiger partial charge in [0.25, 0.3) is 0 Å². The Morgan fingerprint density at radius 1 is 1.00 bits per heavy atom. The Morgan fingerprint density at radius 3 is 2.39 bits per heavy atom. The topological polar surface area (TPSA) is 26.3 Å². The van der Waals surface area contributed by atoms with E-state index < -0.39 is 0 Å². The fourth-order valence-electron chi connectivity index (χ4n) is 3.67. The van der Waals surface area contributed by atoms with Crippen LogP contribution in [0.5, 0.6) is 5.75 Å². The van der Waals surface area contributed by atoms with Gasteiger partial charge in [-0.25, -0.2) is 0 Å². The lowest BCUT2D eigenvalue weighted by Crippen LogP contribution is -2.12. The van der Waals surface area contributed by atoms with E-state index in [2.05, 4.69) is 31.2 Å². The van der Waals surface area contributed by atoms with E-state index in [-0.39, 0.29) is 5.97 Å². The molecular formula is C21H26O2. The van der Waals surface area contributed by atoms with Crippen LogP contribution in [0.2, 0.25) is 0 Å². The van der Waals surface area contributed by atoms with Crippen molar-refractivity contribution in [3.05, 3.63) is 42.0 Å². The summed E-state index contributed by atoms with van der Waals surface area (Å²) in [6.07, 6.45) is 7.09. The number of hydrogen-bond acceptors (Lipinski definition) is 2. The van der Waals surface area contributed by atoms with Crippen molar-refractivity contribution in [3.63, 3.8) is 0 Å². The van der Waals surface area contributed by atoms with Crippen LogP contribution in [-0.2, 0) is 4.79 Å². The molecule has 0 saturated heterocycles. The van der Waals surface area contributed by atoms with E-state index in [1.54, 1.807) is 0 Å². The second-order valence-corrected chi connectivity index (χ2v) is 6.72. The molecule has 1 aliphatic carbocycles. The molecule has 0 unspecified atom stereocenters. The standard InChI is InChI=1S/C21H26O2/c1-3-15-5-7-16(8-6-15)17-9-10-19-14-20(23-21(22)4-2)12-11-18(19)13-17/h9-16H,3-8H2,1-2H3. The number of carbonyl (C=O) groups is 1. The van der Waals surface area contributed by atoms with Crippen LogP contribution in [0.1, 0.15) is 63.9 Å². The lowest BCUT2D eigenvalue weighted by molar-refractivity contribution is -0.134. The first-order chi connectivity index (χ1) is 11.2. The lowest BCUT2D eigenvalue weighted by atomic mass is 9.77. The number of benzene rings is 2. The summed E-state index contributed by atoms with van der Waals surface area (Å²) in [6.45, 7) is 4.12.